The summed E-state index contributed by atoms with van der Waals surface area (Å²) in [5, 5.41) is 13.9. The summed E-state index contributed by atoms with van der Waals surface area (Å²) in [7, 11) is 0. The van der Waals surface area contributed by atoms with Crippen LogP contribution in [-0.2, 0) is 0 Å². The Morgan fingerprint density at radius 3 is 1.69 bits per heavy atom. The molecule has 0 aliphatic rings. The zero-order valence-electron chi connectivity index (χ0n) is 30.7. The van der Waals surface area contributed by atoms with Crippen LogP contribution in [0.4, 0.5) is 0 Å². The number of thiophene rings is 2. The molecule has 0 aliphatic heterocycles. The molecule has 268 valence electrons. The minimum atomic E-state index is 0.742. The van der Waals surface area contributed by atoms with Gasteiger partial charge in [-0.05, 0) is 64.7 Å². The van der Waals surface area contributed by atoms with Gasteiger partial charge < -0.3 is 4.57 Å². The maximum Gasteiger partial charge on any atom is 0.161 e. The van der Waals surface area contributed by atoms with Gasteiger partial charge in [-0.15, -0.1) is 34.0 Å². The molecular weight excluding hydrogens is 763 g/mol. The molecule has 6 heteroatoms. The van der Waals surface area contributed by atoms with Crippen LogP contribution in [0.25, 0.3) is 132 Å². The molecule has 0 N–H and O–H groups in total. The number of rotatable bonds is 3. The third-order valence-corrected chi connectivity index (χ3v) is 15.7. The predicted octanol–water partition coefficient (Wildman–Crippen LogP) is 15.8. The molecule has 0 bridgehead atoms. The van der Waals surface area contributed by atoms with E-state index in [9.17, 15) is 0 Å². The van der Waals surface area contributed by atoms with E-state index in [4.69, 9.17) is 9.97 Å². The Morgan fingerprint density at radius 1 is 0.362 bits per heavy atom. The molecule has 0 saturated heterocycles. The van der Waals surface area contributed by atoms with Gasteiger partial charge in [-0.25, -0.2) is 9.97 Å². The molecule has 58 heavy (non-hydrogen) atoms. The second-order valence-corrected chi connectivity index (χ2v) is 18.4. The highest BCUT2D eigenvalue weighted by molar-refractivity contribution is 7.27. The first-order valence-electron chi connectivity index (χ1n) is 19.5. The molecule has 14 aromatic rings. The van der Waals surface area contributed by atoms with Crippen LogP contribution in [0.3, 0.4) is 0 Å². The Labute approximate surface area is 342 Å². The van der Waals surface area contributed by atoms with Crippen molar-refractivity contribution in [2.24, 2.45) is 0 Å². The Balaban J connectivity index is 1.07. The van der Waals surface area contributed by atoms with Gasteiger partial charge in [0.15, 0.2) is 5.82 Å². The molecule has 0 unspecified atom stereocenters. The van der Waals surface area contributed by atoms with E-state index in [1.54, 1.807) is 11.3 Å². The summed E-state index contributed by atoms with van der Waals surface area (Å²) in [6.45, 7) is 0. The van der Waals surface area contributed by atoms with Crippen LogP contribution in [-0.4, -0.2) is 14.5 Å². The van der Waals surface area contributed by atoms with E-state index in [0.717, 1.165) is 43.9 Å². The van der Waals surface area contributed by atoms with Crippen molar-refractivity contribution in [2.45, 2.75) is 0 Å². The second-order valence-electron chi connectivity index (χ2n) is 15.2. The normalized spacial score (nSPS) is 12.5. The first kappa shape index (κ1) is 31.4. The summed E-state index contributed by atoms with van der Waals surface area (Å²) < 4.78 is 10.0. The summed E-state index contributed by atoms with van der Waals surface area (Å²) in [5.41, 5.74) is 7.78. The summed E-state index contributed by atoms with van der Waals surface area (Å²) in [6.07, 6.45) is 0. The fourth-order valence-corrected chi connectivity index (χ4v) is 13.3. The van der Waals surface area contributed by atoms with Gasteiger partial charge in [0.2, 0.25) is 0 Å². The highest BCUT2D eigenvalue weighted by Gasteiger charge is 2.24. The molecule has 0 amide bonds. The molecule has 0 aliphatic carbocycles. The van der Waals surface area contributed by atoms with E-state index in [2.05, 4.69) is 168 Å². The number of hydrogen-bond acceptors (Lipinski definition) is 5. The minimum absolute atomic E-state index is 0.742. The number of fused-ring (bicyclic) bond motifs is 7. The summed E-state index contributed by atoms with van der Waals surface area (Å²) in [5.74, 6) is 0.742. The van der Waals surface area contributed by atoms with Crippen molar-refractivity contribution < 1.29 is 0 Å². The van der Waals surface area contributed by atoms with Gasteiger partial charge in [0.05, 0.1) is 32.6 Å². The molecule has 14 rings (SSSR count). The van der Waals surface area contributed by atoms with Crippen LogP contribution in [0.5, 0.6) is 0 Å². The molecule has 0 saturated carbocycles. The molecule has 3 nitrogen and oxygen atoms in total. The quantitative estimate of drug-likeness (QED) is 0.178. The van der Waals surface area contributed by atoms with E-state index in [1.807, 2.05) is 22.7 Å². The standard InChI is InChI=1S/C52H27N3S3/c1-2-13-31-30(12-1)34(24-27-37(31)55-38-25-22-28-10-7-20-42-44(28)46(38)47-39(55)26-23-29-11-8-21-43(56-42)45(29)47)52-53-48-35-15-4-6-19-41(35)58-51(48)49(54-52)36-17-9-16-33-32-14-3-5-18-40(32)57-50(33)36/h1-27H. The van der Waals surface area contributed by atoms with Crippen LogP contribution in [0.2, 0.25) is 0 Å². The third-order valence-electron chi connectivity index (χ3n) is 12.2. The van der Waals surface area contributed by atoms with Gasteiger partial charge in [0, 0.05) is 77.7 Å². The van der Waals surface area contributed by atoms with Crippen LogP contribution in [0, 0.1) is 0 Å². The van der Waals surface area contributed by atoms with E-state index in [0.29, 0.717) is 0 Å². The Bertz CT molecular complexity index is 3950. The van der Waals surface area contributed by atoms with Crippen molar-refractivity contribution in [2.75, 3.05) is 0 Å². The molecule has 0 radical (unpaired) electrons. The average molecular weight is 790 g/mol. The number of hydrogen-bond donors (Lipinski definition) is 0. The molecule has 5 heterocycles. The van der Waals surface area contributed by atoms with Crippen molar-refractivity contribution in [1.29, 1.82) is 0 Å². The van der Waals surface area contributed by atoms with Crippen LogP contribution >= 0.6 is 34.0 Å². The van der Waals surface area contributed by atoms with Crippen molar-refractivity contribution >= 4 is 138 Å². The molecule has 0 fully saturated rings. The van der Waals surface area contributed by atoms with Gasteiger partial charge in [-0.3, -0.25) is 0 Å². The van der Waals surface area contributed by atoms with E-state index in [-0.39, 0.29) is 0 Å². The predicted molar refractivity (Wildman–Crippen MR) is 252 cm³/mol. The Hall–Kier alpha value is -6.70. The van der Waals surface area contributed by atoms with Crippen molar-refractivity contribution in [1.82, 2.24) is 14.5 Å². The van der Waals surface area contributed by atoms with E-state index in [1.165, 1.54) is 88.4 Å². The molecule has 9 aromatic carbocycles. The molecule has 0 spiro atoms. The second kappa shape index (κ2) is 11.5. The fourth-order valence-electron chi connectivity index (χ4n) is 9.73. The summed E-state index contributed by atoms with van der Waals surface area (Å²) in [4.78, 5) is 11.0. The lowest BCUT2D eigenvalue weighted by molar-refractivity contribution is 1.20. The third kappa shape index (κ3) is 4.11. The maximum absolute atomic E-state index is 5.58. The van der Waals surface area contributed by atoms with Gasteiger partial charge in [0.1, 0.15) is 0 Å². The van der Waals surface area contributed by atoms with Crippen LogP contribution < -0.4 is 0 Å². The number of nitrogens with zero attached hydrogens (tertiary/aromatic N) is 3. The van der Waals surface area contributed by atoms with Crippen molar-refractivity contribution in [3.63, 3.8) is 0 Å². The molecule has 0 atom stereocenters. The minimum Gasteiger partial charge on any atom is -0.309 e. The largest absolute Gasteiger partial charge is 0.309 e. The van der Waals surface area contributed by atoms with E-state index >= 15 is 0 Å². The highest BCUT2D eigenvalue weighted by atomic mass is 32.1. The van der Waals surface area contributed by atoms with Crippen LogP contribution in [0.1, 0.15) is 0 Å². The van der Waals surface area contributed by atoms with Gasteiger partial charge >= 0.3 is 0 Å². The summed E-state index contributed by atoms with van der Waals surface area (Å²) in [6, 6.07) is 60.2. The van der Waals surface area contributed by atoms with E-state index < -0.39 is 0 Å². The number of aromatic nitrogens is 3. The van der Waals surface area contributed by atoms with Crippen LogP contribution in [0.15, 0.2) is 164 Å². The first-order chi connectivity index (χ1) is 28.8. The zero-order chi connectivity index (χ0) is 37.6. The first-order valence-corrected chi connectivity index (χ1v) is 21.9. The maximum atomic E-state index is 5.58. The monoisotopic (exact) mass is 789 g/mol. The fraction of sp³-hybridized carbons (Fsp3) is 0. The van der Waals surface area contributed by atoms with Gasteiger partial charge in [-0.1, -0.05) is 115 Å². The smallest absolute Gasteiger partial charge is 0.161 e. The zero-order valence-corrected chi connectivity index (χ0v) is 33.1. The SMILES string of the molecule is c1ccc2c(c1)sc1c(-c3nc(-c4ccc(-n5c6ccc7cccc8sc9cccc%10ccc5c(c%109)c6c78)c5ccccc45)nc4c3sc3ccccc34)cccc12. The van der Waals surface area contributed by atoms with Crippen molar-refractivity contribution in [3.8, 4) is 28.3 Å². The lowest BCUT2D eigenvalue weighted by Gasteiger charge is -2.15. The molecule has 5 aromatic heterocycles. The highest BCUT2D eigenvalue weighted by Crippen LogP contribution is 2.48. The van der Waals surface area contributed by atoms with Gasteiger partial charge in [-0.2, -0.15) is 0 Å². The Morgan fingerprint density at radius 2 is 0.948 bits per heavy atom. The lowest BCUT2D eigenvalue weighted by Crippen LogP contribution is -1.98. The topological polar surface area (TPSA) is 30.7 Å². The Kier molecular flexibility index (Phi) is 6.20. The van der Waals surface area contributed by atoms with Crippen molar-refractivity contribution in [3.05, 3.63) is 164 Å². The summed E-state index contributed by atoms with van der Waals surface area (Å²) >= 11 is 5.54. The number of benzene rings is 9. The molecular formula is C52H27N3S3. The average Bonchev–Trinajstić information content (AvgIpc) is 3.92. The van der Waals surface area contributed by atoms with Gasteiger partial charge in [0.25, 0.3) is 0 Å². The lowest BCUT2D eigenvalue weighted by atomic mass is 10.00.